The number of hydrogen-bond acceptors (Lipinski definition) is 12. The number of aromatic nitrogens is 1. The molecule has 1 atom stereocenters. The number of nitrogens with one attached hydrogen (secondary N) is 2. The maximum atomic E-state index is 15.1. The van der Waals surface area contributed by atoms with Gasteiger partial charge in [0.15, 0.2) is 0 Å². The van der Waals surface area contributed by atoms with Crippen molar-refractivity contribution < 1.29 is 37.8 Å². The van der Waals surface area contributed by atoms with Crippen molar-refractivity contribution >= 4 is 48.8 Å². The van der Waals surface area contributed by atoms with Gasteiger partial charge in [0.05, 0.1) is 67.4 Å². The highest BCUT2D eigenvalue weighted by atomic mass is 31.2. The smallest absolute Gasteiger partial charge is 0.354 e. The minimum Gasteiger partial charge on any atom is -0.512 e. The van der Waals surface area contributed by atoms with E-state index in [2.05, 4.69) is 10.3 Å². The highest BCUT2D eigenvalue weighted by molar-refractivity contribution is 7.56. The van der Waals surface area contributed by atoms with Gasteiger partial charge in [-0.2, -0.15) is 0 Å². The SMILES string of the molecule is CCOP(=O)(OCC)C(C)(NC(C)(C)C)C1=C(C)C2=CC3=NC(=C(C)/C3=C(\C)O)C=C3C=C(CCC(=O)OC)C(=N3)C=c3[nH]c(cc3CCC(=O)OC)=CC1=N2. The highest BCUT2D eigenvalue weighted by Gasteiger charge is 2.54. The normalized spacial score (nSPS) is 18.9. The molecule has 0 fully saturated rings. The average Bonchev–Trinajstić information content (AvgIpc) is 3.85. The predicted molar refractivity (Wildman–Crippen MR) is 220 cm³/mol. The van der Waals surface area contributed by atoms with Crippen LogP contribution in [-0.2, 0) is 39.1 Å². The van der Waals surface area contributed by atoms with E-state index in [-0.39, 0.29) is 43.8 Å². The number of H-pyrrole nitrogens is 1. The number of rotatable bonds is 13. The summed E-state index contributed by atoms with van der Waals surface area (Å²) in [6.07, 6.45) is 10.4. The molecule has 0 aromatic carbocycles. The van der Waals surface area contributed by atoms with Crippen LogP contribution in [-0.4, -0.2) is 77.4 Å². The van der Waals surface area contributed by atoms with Crippen molar-refractivity contribution in [3.63, 3.8) is 0 Å². The van der Waals surface area contributed by atoms with E-state index < -0.39 is 18.4 Å². The third-order valence-corrected chi connectivity index (χ3v) is 12.4. The zero-order valence-corrected chi connectivity index (χ0v) is 35.2. The molecule has 0 spiro atoms. The second-order valence-electron chi connectivity index (χ2n) is 15.1. The van der Waals surface area contributed by atoms with E-state index in [1.807, 2.05) is 78.0 Å². The fraction of sp³-hybridized carbons (Fsp3) is 0.452. The molecule has 5 rings (SSSR count). The van der Waals surface area contributed by atoms with Crippen LogP contribution in [0.2, 0.25) is 0 Å². The summed E-state index contributed by atoms with van der Waals surface area (Å²) in [7, 11) is -1.24. The minimum atomic E-state index is -3.96. The first-order chi connectivity index (χ1) is 26.4. The number of fused-ring (bicyclic) bond motifs is 5. The summed E-state index contributed by atoms with van der Waals surface area (Å²) in [5.41, 5.74) is 7.12. The molecular formula is C42H54N5O8P. The molecule has 0 saturated carbocycles. The molecule has 0 saturated heterocycles. The summed E-state index contributed by atoms with van der Waals surface area (Å²) in [5, 5.41) is 14.6. The Balaban J connectivity index is 1.87. The van der Waals surface area contributed by atoms with Gasteiger partial charge in [0, 0.05) is 40.2 Å². The topological polar surface area (TPSA) is 173 Å². The van der Waals surface area contributed by atoms with Crippen molar-refractivity contribution in [1.82, 2.24) is 10.3 Å². The number of aromatic amines is 1. The van der Waals surface area contributed by atoms with Gasteiger partial charge >= 0.3 is 19.5 Å². The van der Waals surface area contributed by atoms with E-state index in [0.29, 0.717) is 74.5 Å². The number of aliphatic hydroxyl groups excluding tert-OH is 1. The summed E-state index contributed by atoms with van der Waals surface area (Å²) in [6.45, 7) is 17.1. The molecule has 0 amide bonds. The highest BCUT2D eigenvalue weighted by Crippen LogP contribution is 2.63. The van der Waals surface area contributed by atoms with Crippen LogP contribution in [0.3, 0.4) is 0 Å². The number of allylic oxidation sites excluding steroid dienone is 8. The first-order valence-corrected chi connectivity index (χ1v) is 20.4. The molecule has 0 aliphatic carbocycles. The molecule has 5 heterocycles. The lowest BCUT2D eigenvalue weighted by Gasteiger charge is -2.42. The molecule has 14 heteroatoms. The first-order valence-electron chi connectivity index (χ1n) is 18.8. The fourth-order valence-electron chi connectivity index (χ4n) is 7.45. The fourth-order valence-corrected chi connectivity index (χ4v) is 9.75. The number of carbonyl (C=O) groups excluding carboxylic acids is 2. The summed E-state index contributed by atoms with van der Waals surface area (Å²) >= 11 is 0. The Bertz CT molecular complexity index is 2280. The van der Waals surface area contributed by atoms with Gasteiger partial charge in [0.25, 0.3) is 0 Å². The van der Waals surface area contributed by atoms with Gasteiger partial charge in [-0.05, 0) is 134 Å². The molecule has 4 aliphatic rings. The Labute approximate surface area is 328 Å². The van der Waals surface area contributed by atoms with Crippen molar-refractivity contribution in [2.75, 3.05) is 27.4 Å². The number of esters is 2. The Morgan fingerprint density at radius 2 is 1.48 bits per heavy atom. The Kier molecular flexibility index (Phi) is 12.7. The monoisotopic (exact) mass is 787 g/mol. The van der Waals surface area contributed by atoms with Crippen molar-refractivity contribution in [1.29, 1.82) is 0 Å². The Morgan fingerprint density at radius 1 is 0.839 bits per heavy atom. The van der Waals surface area contributed by atoms with E-state index in [9.17, 15) is 14.7 Å². The summed E-state index contributed by atoms with van der Waals surface area (Å²) < 4.78 is 37.1. The largest absolute Gasteiger partial charge is 0.512 e. The maximum absolute atomic E-state index is 15.1. The summed E-state index contributed by atoms with van der Waals surface area (Å²) in [6, 6.07) is 1.95. The lowest BCUT2D eigenvalue weighted by atomic mass is 9.94. The van der Waals surface area contributed by atoms with E-state index >= 15 is 4.57 Å². The predicted octanol–water partition coefficient (Wildman–Crippen LogP) is 6.50. The van der Waals surface area contributed by atoms with Gasteiger partial charge in [-0.15, -0.1) is 0 Å². The summed E-state index contributed by atoms with van der Waals surface area (Å²) in [4.78, 5) is 43.2. The number of hydrogen-bond donors (Lipinski definition) is 3. The van der Waals surface area contributed by atoms with E-state index in [1.54, 1.807) is 20.8 Å². The lowest BCUT2D eigenvalue weighted by Crippen LogP contribution is -2.55. The number of nitrogens with zero attached hydrogens (tertiary/aromatic N) is 3. The third kappa shape index (κ3) is 8.81. The third-order valence-electron chi connectivity index (χ3n) is 9.76. The van der Waals surface area contributed by atoms with Gasteiger partial charge < -0.3 is 28.6 Å². The van der Waals surface area contributed by atoms with Crippen molar-refractivity contribution in [2.24, 2.45) is 15.0 Å². The molecule has 56 heavy (non-hydrogen) atoms. The van der Waals surface area contributed by atoms with E-state index in [4.69, 9.17) is 33.5 Å². The molecule has 1 aromatic heterocycles. The number of ether oxygens (including phenoxy) is 2. The molecule has 1 aromatic rings. The maximum Gasteiger partial charge on any atom is 0.354 e. The molecule has 4 aliphatic heterocycles. The van der Waals surface area contributed by atoms with E-state index in [0.717, 1.165) is 16.7 Å². The zero-order valence-electron chi connectivity index (χ0n) is 34.3. The molecule has 1 unspecified atom stereocenters. The Hall–Kier alpha value is -4.68. The van der Waals surface area contributed by atoms with Crippen LogP contribution in [0.4, 0.5) is 0 Å². The molecule has 3 N–H and O–H groups in total. The van der Waals surface area contributed by atoms with Crippen LogP contribution in [0.25, 0.3) is 12.2 Å². The minimum absolute atomic E-state index is 0.0906. The van der Waals surface area contributed by atoms with E-state index in [1.165, 1.54) is 14.2 Å². The number of carbonyl (C=O) groups is 2. The second-order valence-corrected chi connectivity index (χ2v) is 17.5. The van der Waals surface area contributed by atoms with Gasteiger partial charge in [-0.3, -0.25) is 19.5 Å². The molecule has 13 nitrogen and oxygen atoms in total. The van der Waals surface area contributed by atoms with Gasteiger partial charge in [0.2, 0.25) is 0 Å². The van der Waals surface area contributed by atoms with Crippen molar-refractivity contribution in [3.8, 4) is 0 Å². The van der Waals surface area contributed by atoms with Gasteiger partial charge in [-0.25, -0.2) is 15.0 Å². The average molecular weight is 788 g/mol. The quantitative estimate of drug-likeness (QED) is 0.115. The van der Waals surface area contributed by atoms with Crippen LogP contribution in [0.15, 0.2) is 90.0 Å². The van der Waals surface area contributed by atoms with Crippen molar-refractivity contribution in [3.05, 3.63) is 91.3 Å². The summed E-state index contributed by atoms with van der Waals surface area (Å²) in [5.74, 6) is -0.604. The number of aliphatic hydroxyl groups is 1. The van der Waals surface area contributed by atoms with Gasteiger partial charge in [-0.1, -0.05) is 0 Å². The number of aliphatic imine (C=N–C) groups is 3. The van der Waals surface area contributed by atoms with Crippen LogP contribution >= 0.6 is 7.60 Å². The Morgan fingerprint density at radius 3 is 2.07 bits per heavy atom. The van der Waals surface area contributed by atoms with Crippen LogP contribution in [0.5, 0.6) is 0 Å². The molecule has 8 bridgehead atoms. The second kappa shape index (κ2) is 16.8. The van der Waals surface area contributed by atoms with Crippen molar-refractivity contribution in [2.45, 2.75) is 98.8 Å². The molecule has 300 valence electrons. The first kappa shape index (κ1) is 42.5. The van der Waals surface area contributed by atoms with Crippen LogP contribution in [0, 0.1) is 0 Å². The molecule has 0 radical (unpaired) electrons. The lowest BCUT2D eigenvalue weighted by molar-refractivity contribution is -0.141. The van der Waals surface area contributed by atoms with Crippen LogP contribution < -0.4 is 16.0 Å². The standard InChI is InChI=1S/C42H54N5O8P/c1-12-54-56(51,55-13-2)42(9,47-41(6,7)8)40-25(4)32-22-35-39(26(5)48)24(3)31(45-35)20-29-18-27(14-16-37(49)52-10)33(43-29)23-34-28(15-17-38(50)53-11)19-30(44-34)21-36(40)46-32/h18-23,44,47-48H,12-17H2,1-11H3/b29-20?,30-21?,32-22?,34-23?,39-26-. The van der Waals surface area contributed by atoms with Gasteiger partial charge in [0.1, 0.15) is 5.28 Å². The number of aryl methyl sites for hydroxylation is 1. The van der Waals surface area contributed by atoms with Crippen LogP contribution in [0.1, 0.15) is 87.1 Å². The number of methoxy groups -OCH3 is 2. The zero-order chi connectivity index (χ0) is 41.2. The molecular weight excluding hydrogens is 733 g/mol.